The van der Waals surface area contributed by atoms with E-state index < -0.39 is 12.0 Å². The van der Waals surface area contributed by atoms with Crippen molar-refractivity contribution < 1.29 is 14.7 Å². The minimum Gasteiger partial charge on any atom is -0.480 e. The maximum Gasteiger partial charge on any atom is 0.320 e. The SMILES string of the molecule is CCCCc1nc(CN(C)C(=O)CCC(N)C(=O)O)nn1Cc1ccc(-c2ccccc2-c2nn[nH]n2)cc1. The maximum absolute atomic E-state index is 12.5. The second kappa shape index (κ2) is 12.9. The summed E-state index contributed by atoms with van der Waals surface area (Å²) in [5.41, 5.74) is 9.53. The molecular weight excluding hydrogens is 498 g/mol. The second-order valence-corrected chi connectivity index (χ2v) is 9.42. The number of unbranched alkanes of at least 4 members (excludes halogenated alkanes) is 1. The molecule has 4 N–H and O–H groups in total. The van der Waals surface area contributed by atoms with Crippen LogP contribution in [-0.2, 0) is 29.1 Å². The Morgan fingerprint density at radius 2 is 1.87 bits per heavy atom. The van der Waals surface area contributed by atoms with E-state index in [1.807, 2.05) is 28.9 Å². The molecule has 0 radical (unpaired) electrons. The molecule has 0 bridgehead atoms. The summed E-state index contributed by atoms with van der Waals surface area (Å²) in [5.74, 6) is 0.640. The lowest BCUT2D eigenvalue weighted by atomic mass is 9.98. The first kappa shape index (κ1) is 27.6. The van der Waals surface area contributed by atoms with Crippen LogP contribution in [0.3, 0.4) is 0 Å². The van der Waals surface area contributed by atoms with Gasteiger partial charge in [-0.05, 0) is 34.7 Å². The number of aliphatic carboxylic acids is 1. The first-order valence-electron chi connectivity index (χ1n) is 12.9. The number of hydrogen-bond acceptors (Lipinski definition) is 8. The first-order chi connectivity index (χ1) is 18.9. The number of benzene rings is 2. The Bertz CT molecular complexity index is 1380. The van der Waals surface area contributed by atoms with E-state index in [2.05, 4.69) is 51.8 Å². The summed E-state index contributed by atoms with van der Waals surface area (Å²) in [5, 5.41) is 28.1. The third-order valence-corrected chi connectivity index (χ3v) is 6.45. The number of nitrogens with two attached hydrogens (primary N) is 1. The molecule has 39 heavy (non-hydrogen) atoms. The van der Waals surface area contributed by atoms with E-state index in [9.17, 15) is 9.59 Å². The molecule has 0 aliphatic rings. The summed E-state index contributed by atoms with van der Waals surface area (Å²) in [4.78, 5) is 29.6. The highest BCUT2D eigenvalue weighted by atomic mass is 16.4. The zero-order chi connectivity index (χ0) is 27.8. The number of rotatable bonds is 13. The van der Waals surface area contributed by atoms with E-state index in [1.54, 1.807) is 7.05 Å². The fraction of sp³-hybridized carbons (Fsp3) is 0.370. The number of H-pyrrole nitrogens is 1. The average molecular weight is 532 g/mol. The largest absolute Gasteiger partial charge is 0.480 e. The molecule has 1 amide bonds. The molecule has 0 spiro atoms. The van der Waals surface area contributed by atoms with E-state index in [0.29, 0.717) is 18.2 Å². The summed E-state index contributed by atoms with van der Waals surface area (Å²) in [6.07, 6.45) is 2.92. The third kappa shape index (κ3) is 7.11. The molecule has 204 valence electrons. The Morgan fingerprint density at radius 3 is 2.54 bits per heavy atom. The molecule has 2 aromatic heterocycles. The normalized spacial score (nSPS) is 11.9. The molecule has 0 fully saturated rings. The predicted molar refractivity (Wildman–Crippen MR) is 144 cm³/mol. The summed E-state index contributed by atoms with van der Waals surface area (Å²) >= 11 is 0. The number of carboxylic acid groups (broad SMARTS) is 1. The monoisotopic (exact) mass is 531 g/mol. The standard InChI is InChI=1S/C27H33N9O3/c1-3-4-9-24-29-23(17-35(2)25(37)15-14-22(28)27(38)39)32-36(24)16-18-10-12-19(13-11-18)20-7-5-6-8-21(20)26-30-33-34-31-26/h5-8,10-13,22H,3-4,9,14-17,28H2,1-2H3,(H,38,39)(H,30,31,33,34). The Labute approximate surface area is 226 Å². The van der Waals surface area contributed by atoms with Crippen molar-refractivity contribution in [1.82, 2.24) is 40.3 Å². The molecule has 4 rings (SSSR count). The number of nitrogens with one attached hydrogen (secondary N) is 1. The molecule has 12 heteroatoms. The van der Waals surface area contributed by atoms with Gasteiger partial charge in [0, 0.05) is 25.5 Å². The smallest absolute Gasteiger partial charge is 0.320 e. The van der Waals surface area contributed by atoms with Gasteiger partial charge < -0.3 is 15.7 Å². The van der Waals surface area contributed by atoms with E-state index in [0.717, 1.165) is 47.3 Å². The van der Waals surface area contributed by atoms with Crippen molar-refractivity contribution in [2.45, 2.75) is 58.2 Å². The Balaban J connectivity index is 1.47. The molecule has 2 heterocycles. The molecule has 4 aromatic rings. The average Bonchev–Trinajstić information content (AvgIpc) is 3.61. The van der Waals surface area contributed by atoms with Crippen LogP contribution in [0, 0.1) is 0 Å². The summed E-state index contributed by atoms with van der Waals surface area (Å²) in [6.45, 7) is 2.91. The number of hydrogen-bond donors (Lipinski definition) is 3. The van der Waals surface area contributed by atoms with Crippen LogP contribution in [0.4, 0.5) is 0 Å². The molecular formula is C27H33N9O3. The number of nitrogens with zero attached hydrogens (tertiary/aromatic N) is 7. The van der Waals surface area contributed by atoms with Crippen LogP contribution in [0.1, 0.15) is 49.8 Å². The number of amides is 1. The van der Waals surface area contributed by atoms with Crippen LogP contribution in [0.25, 0.3) is 22.5 Å². The number of carbonyl (C=O) groups is 2. The number of carbonyl (C=O) groups excluding carboxylic acids is 1. The van der Waals surface area contributed by atoms with E-state index in [4.69, 9.17) is 20.9 Å². The van der Waals surface area contributed by atoms with Crippen molar-refractivity contribution in [1.29, 1.82) is 0 Å². The molecule has 2 aromatic carbocycles. The molecule has 0 saturated carbocycles. The van der Waals surface area contributed by atoms with Gasteiger partial charge in [0.1, 0.15) is 11.9 Å². The van der Waals surface area contributed by atoms with Gasteiger partial charge in [0.2, 0.25) is 11.7 Å². The van der Waals surface area contributed by atoms with Gasteiger partial charge in [0.15, 0.2) is 5.82 Å². The Kier molecular flexibility index (Phi) is 9.10. The van der Waals surface area contributed by atoms with Gasteiger partial charge in [0.05, 0.1) is 13.1 Å². The van der Waals surface area contributed by atoms with Crippen molar-refractivity contribution in [3.05, 3.63) is 65.7 Å². The van der Waals surface area contributed by atoms with Gasteiger partial charge in [0.25, 0.3) is 0 Å². The molecule has 1 unspecified atom stereocenters. The highest BCUT2D eigenvalue weighted by Crippen LogP contribution is 2.29. The first-order valence-corrected chi connectivity index (χ1v) is 12.9. The van der Waals surface area contributed by atoms with Gasteiger partial charge >= 0.3 is 5.97 Å². The predicted octanol–water partition coefficient (Wildman–Crippen LogP) is 2.67. The van der Waals surface area contributed by atoms with Gasteiger partial charge in [-0.3, -0.25) is 9.59 Å². The quantitative estimate of drug-likeness (QED) is 0.235. The van der Waals surface area contributed by atoms with E-state index >= 15 is 0 Å². The van der Waals surface area contributed by atoms with Crippen molar-refractivity contribution in [3.63, 3.8) is 0 Å². The molecule has 12 nitrogen and oxygen atoms in total. The Morgan fingerprint density at radius 1 is 1.13 bits per heavy atom. The third-order valence-electron chi connectivity index (χ3n) is 6.45. The van der Waals surface area contributed by atoms with Crippen molar-refractivity contribution >= 4 is 11.9 Å². The van der Waals surface area contributed by atoms with E-state index in [-0.39, 0.29) is 25.3 Å². The number of aromatic nitrogens is 7. The molecule has 1 atom stereocenters. The fourth-order valence-corrected chi connectivity index (χ4v) is 4.20. The van der Waals surface area contributed by atoms with Crippen LogP contribution in [0.15, 0.2) is 48.5 Å². The van der Waals surface area contributed by atoms with Crippen LogP contribution in [-0.4, -0.2) is 70.4 Å². The van der Waals surface area contributed by atoms with Crippen LogP contribution in [0.2, 0.25) is 0 Å². The Hall–Kier alpha value is -4.45. The topological polar surface area (TPSA) is 169 Å². The molecule has 0 aliphatic heterocycles. The summed E-state index contributed by atoms with van der Waals surface area (Å²) < 4.78 is 1.89. The maximum atomic E-state index is 12.5. The minimum atomic E-state index is -1.12. The van der Waals surface area contributed by atoms with E-state index in [1.165, 1.54) is 4.90 Å². The fourth-order valence-electron chi connectivity index (χ4n) is 4.20. The number of aryl methyl sites for hydroxylation is 1. The molecule has 0 saturated heterocycles. The van der Waals surface area contributed by atoms with Gasteiger partial charge in [-0.15, -0.1) is 10.2 Å². The van der Waals surface area contributed by atoms with Crippen LogP contribution < -0.4 is 5.73 Å². The summed E-state index contributed by atoms with van der Waals surface area (Å²) in [6, 6.07) is 15.1. The van der Waals surface area contributed by atoms with Gasteiger partial charge in [-0.25, -0.2) is 9.67 Å². The van der Waals surface area contributed by atoms with Crippen molar-refractivity contribution in [2.75, 3.05) is 7.05 Å². The van der Waals surface area contributed by atoms with Gasteiger partial charge in [-0.2, -0.15) is 10.3 Å². The number of tetrazole rings is 1. The number of carboxylic acids is 1. The van der Waals surface area contributed by atoms with Crippen LogP contribution in [0.5, 0.6) is 0 Å². The highest BCUT2D eigenvalue weighted by molar-refractivity contribution is 5.80. The lowest BCUT2D eigenvalue weighted by Crippen LogP contribution is -2.33. The zero-order valence-electron chi connectivity index (χ0n) is 22.1. The zero-order valence-corrected chi connectivity index (χ0v) is 22.1. The van der Waals surface area contributed by atoms with Crippen molar-refractivity contribution in [3.8, 4) is 22.5 Å². The minimum absolute atomic E-state index is 0.0512. The lowest BCUT2D eigenvalue weighted by molar-refractivity contribution is -0.139. The van der Waals surface area contributed by atoms with Crippen LogP contribution >= 0.6 is 0 Å². The van der Waals surface area contributed by atoms with Gasteiger partial charge in [-0.1, -0.05) is 61.9 Å². The molecule has 0 aliphatic carbocycles. The second-order valence-electron chi connectivity index (χ2n) is 9.42. The van der Waals surface area contributed by atoms with Crippen molar-refractivity contribution in [2.24, 2.45) is 5.73 Å². The summed E-state index contributed by atoms with van der Waals surface area (Å²) in [7, 11) is 1.66. The highest BCUT2D eigenvalue weighted by Gasteiger charge is 2.18. The number of aromatic amines is 1. The lowest BCUT2D eigenvalue weighted by Gasteiger charge is -2.15.